The molecule has 0 fully saturated rings. The molecule has 0 saturated heterocycles. The molecule has 1 unspecified atom stereocenters. The summed E-state index contributed by atoms with van der Waals surface area (Å²) in [5.41, 5.74) is 7.37. The second-order valence-electron chi connectivity index (χ2n) is 3.03. The van der Waals surface area contributed by atoms with E-state index in [9.17, 15) is 4.39 Å². The lowest BCUT2D eigenvalue weighted by atomic mass is 10.1. The van der Waals surface area contributed by atoms with Crippen LogP contribution >= 0.6 is 0 Å². The molecule has 0 saturated carbocycles. The van der Waals surface area contributed by atoms with Gasteiger partial charge in [-0.3, -0.25) is 0 Å². The third-order valence-electron chi connectivity index (χ3n) is 1.80. The predicted octanol–water partition coefficient (Wildman–Crippen LogP) is 1.83. The zero-order valence-corrected chi connectivity index (χ0v) is 7.26. The maximum atomic E-state index is 12.8. The van der Waals surface area contributed by atoms with Gasteiger partial charge in [-0.05, 0) is 12.5 Å². The van der Waals surface area contributed by atoms with Crippen LogP contribution in [0.15, 0.2) is 24.3 Å². The van der Waals surface area contributed by atoms with Crippen molar-refractivity contribution in [3.63, 3.8) is 0 Å². The van der Waals surface area contributed by atoms with Gasteiger partial charge in [-0.25, -0.2) is 4.39 Å². The zero-order valence-electron chi connectivity index (χ0n) is 7.26. The molecule has 2 heteroatoms. The van der Waals surface area contributed by atoms with E-state index in [0.717, 1.165) is 11.1 Å². The van der Waals surface area contributed by atoms with Crippen molar-refractivity contribution in [2.45, 2.75) is 19.5 Å². The number of halogens is 1. The SMILES string of the molecule is Cc1cccc(CC(F)CN)c1. The Bertz CT molecular complexity index is 247. The maximum Gasteiger partial charge on any atom is 0.116 e. The minimum Gasteiger partial charge on any atom is -0.328 e. The Morgan fingerprint density at radius 3 is 2.83 bits per heavy atom. The quantitative estimate of drug-likeness (QED) is 0.730. The van der Waals surface area contributed by atoms with Gasteiger partial charge in [0.05, 0.1) is 0 Å². The molecule has 0 aromatic heterocycles. The largest absolute Gasteiger partial charge is 0.328 e. The van der Waals surface area contributed by atoms with Crippen molar-refractivity contribution in [1.29, 1.82) is 0 Å². The molecule has 0 aliphatic rings. The minimum absolute atomic E-state index is 0.105. The Morgan fingerprint density at radius 2 is 2.25 bits per heavy atom. The van der Waals surface area contributed by atoms with E-state index in [1.807, 2.05) is 31.2 Å². The fourth-order valence-corrected chi connectivity index (χ4v) is 1.18. The van der Waals surface area contributed by atoms with Crippen molar-refractivity contribution < 1.29 is 4.39 Å². The van der Waals surface area contributed by atoms with Crippen LogP contribution in [-0.2, 0) is 6.42 Å². The Morgan fingerprint density at radius 1 is 1.50 bits per heavy atom. The van der Waals surface area contributed by atoms with Crippen molar-refractivity contribution >= 4 is 0 Å². The van der Waals surface area contributed by atoms with Crippen LogP contribution in [0.2, 0.25) is 0 Å². The van der Waals surface area contributed by atoms with Crippen LogP contribution in [0.25, 0.3) is 0 Å². The lowest BCUT2D eigenvalue weighted by molar-refractivity contribution is 0.340. The molecule has 0 heterocycles. The summed E-state index contributed by atoms with van der Waals surface area (Å²) in [5, 5.41) is 0. The van der Waals surface area contributed by atoms with Gasteiger partial charge in [0.25, 0.3) is 0 Å². The van der Waals surface area contributed by atoms with Gasteiger partial charge in [-0.1, -0.05) is 29.8 Å². The summed E-state index contributed by atoms with van der Waals surface area (Å²) >= 11 is 0. The summed E-state index contributed by atoms with van der Waals surface area (Å²) in [6.07, 6.45) is -0.482. The van der Waals surface area contributed by atoms with Crippen LogP contribution in [0, 0.1) is 6.92 Å². The molecule has 66 valence electrons. The standard InChI is InChI=1S/C10H14FN/c1-8-3-2-4-9(5-8)6-10(11)7-12/h2-5,10H,6-7,12H2,1H3. The highest BCUT2D eigenvalue weighted by Crippen LogP contribution is 2.07. The lowest BCUT2D eigenvalue weighted by Gasteiger charge is -2.05. The van der Waals surface area contributed by atoms with Crippen molar-refractivity contribution in [2.75, 3.05) is 6.54 Å². The molecule has 12 heavy (non-hydrogen) atoms. The monoisotopic (exact) mass is 167 g/mol. The van der Waals surface area contributed by atoms with Crippen LogP contribution in [0.1, 0.15) is 11.1 Å². The molecule has 0 radical (unpaired) electrons. The summed E-state index contributed by atoms with van der Waals surface area (Å²) in [6.45, 7) is 2.10. The molecule has 1 aromatic rings. The van der Waals surface area contributed by atoms with Gasteiger partial charge < -0.3 is 5.73 Å². The summed E-state index contributed by atoms with van der Waals surface area (Å²) < 4.78 is 12.8. The summed E-state index contributed by atoms with van der Waals surface area (Å²) in [4.78, 5) is 0. The average Bonchev–Trinajstić information content (AvgIpc) is 2.04. The van der Waals surface area contributed by atoms with Gasteiger partial charge in [0.2, 0.25) is 0 Å². The highest BCUT2D eigenvalue weighted by Gasteiger charge is 2.04. The van der Waals surface area contributed by atoms with E-state index in [0.29, 0.717) is 6.42 Å². The van der Waals surface area contributed by atoms with Crippen LogP contribution in [0.5, 0.6) is 0 Å². The highest BCUT2D eigenvalue weighted by atomic mass is 19.1. The predicted molar refractivity (Wildman–Crippen MR) is 48.8 cm³/mol. The Balaban J connectivity index is 2.63. The second-order valence-corrected chi connectivity index (χ2v) is 3.03. The number of rotatable bonds is 3. The molecule has 1 aromatic carbocycles. The first-order valence-electron chi connectivity index (χ1n) is 4.12. The Hall–Kier alpha value is -0.890. The highest BCUT2D eigenvalue weighted by molar-refractivity contribution is 5.22. The second kappa shape index (κ2) is 4.21. The summed E-state index contributed by atoms with van der Waals surface area (Å²) in [6, 6.07) is 7.85. The van der Waals surface area contributed by atoms with Gasteiger partial charge in [0.1, 0.15) is 6.17 Å². The van der Waals surface area contributed by atoms with E-state index in [-0.39, 0.29) is 6.54 Å². The van der Waals surface area contributed by atoms with Crippen LogP contribution in [-0.4, -0.2) is 12.7 Å². The molecule has 2 N–H and O–H groups in total. The van der Waals surface area contributed by atoms with Gasteiger partial charge >= 0.3 is 0 Å². The van der Waals surface area contributed by atoms with E-state index in [1.54, 1.807) is 0 Å². The molecule has 1 nitrogen and oxygen atoms in total. The zero-order chi connectivity index (χ0) is 8.97. The first kappa shape index (κ1) is 9.20. The van der Waals surface area contributed by atoms with Crippen LogP contribution in [0.3, 0.4) is 0 Å². The van der Waals surface area contributed by atoms with Crippen molar-refractivity contribution in [3.8, 4) is 0 Å². The molecular formula is C10H14FN. The normalized spacial score (nSPS) is 12.9. The van der Waals surface area contributed by atoms with Crippen molar-refractivity contribution in [2.24, 2.45) is 5.73 Å². The van der Waals surface area contributed by atoms with Gasteiger partial charge in [-0.2, -0.15) is 0 Å². The average molecular weight is 167 g/mol. The molecular weight excluding hydrogens is 153 g/mol. The molecule has 0 spiro atoms. The number of aryl methyl sites for hydroxylation is 1. The molecule has 0 bridgehead atoms. The fourth-order valence-electron chi connectivity index (χ4n) is 1.18. The molecule has 1 rings (SSSR count). The molecule has 0 amide bonds. The fraction of sp³-hybridized carbons (Fsp3) is 0.400. The van der Waals surface area contributed by atoms with Crippen LogP contribution in [0.4, 0.5) is 4.39 Å². The van der Waals surface area contributed by atoms with Crippen molar-refractivity contribution in [3.05, 3.63) is 35.4 Å². The van der Waals surface area contributed by atoms with Gasteiger partial charge in [0.15, 0.2) is 0 Å². The van der Waals surface area contributed by atoms with E-state index < -0.39 is 6.17 Å². The first-order chi connectivity index (χ1) is 5.72. The molecule has 0 aliphatic carbocycles. The lowest BCUT2D eigenvalue weighted by Crippen LogP contribution is -2.17. The smallest absolute Gasteiger partial charge is 0.116 e. The van der Waals surface area contributed by atoms with Crippen molar-refractivity contribution in [1.82, 2.24) is 0 Å². The molecule has 0 aliphatic heterocycles. The first-order valence-corrected chi connectivity index (χ1v) is 4.12. The third-order valence-corrected chi connectivity index (χ3v) is 1.80. The molecule has 1 atom stereocenters. The van der Waals surface area contributed by atoms with E-state index in [4.69, 9.17) is 5.73 Å². The summed E-state index contributed by atoms with van der Waals surface area (Å²) in [5.74, 6) is 0. The Labute approximate surface area is 72.4 Å². The maximum absolute atomic E-state index is 12.8. The number of alkyl halides is 1. The number of hydrogen-bond acceptors (Lipinski definition) is 1. The number of hydrogen-bond donors (Lipinski definition) is 1. The Kier molecular flexibility index (Phi) is 3.23. The number of benzene rings is 1. The number of nitrogens with two attached hydrogens (primary N) is 1. The topological polar surface area (TPSA) is 26.0 Å². The van der Waals surface area contributed by atoms with Crippen LogP contribution < -0.4 is 5.73 Å². The van der Waals surface area contributed by atoms with Gasteiger partial charge in [0, 0.05) is 13.0 Å². The summed E-state index contributed by atoms with van der Waals surface area (Å²) in [7, 11) is 0. The van der Waals surface area contributed by atoms with E-state index >= 15 is 0 Å². The van der Waals surface area contributed by atoms with Gasteiger partial charge in [-0.15, -0.1) is 0 Å². The van der Waals surface area contributed by atoms with E-state index in [2.05, 4.69) is 0 Å². The third kappa shape index (κ3) is 2.62. The van der Waals surface area contributed by atoms with E-state index in [1.165, 1.54) is 0 Å². The minimum atomic E-state index is -0.910.